The molecule has 3 amide bonds. The molecule has 130 valence electrons. The summed E-state index contributed by atoms with van der Waals surface area (Å²) in [4.78, 5) is 26.0. The SMILES string of the molecule is O=C(NC[C@@H](Cc1cccc(F)c1)N1CCNC1=O)C1CCCC1. The number of hydrogen-bond donors (Lipinski definition) is 2. The second kappa shape index (κ2) is 7.64. The summed E-state index contributed by atoms with van der Waals surface area (Å²) < 4.78 is 13.4. The van der Waals surface area contributed by atoms with E-state index in [1.54, 1.807) is 11.0 Å². The Balaban J connectivity index is 1.65. The summed E-state index contributed by atoms with van der Waals surface area (Å²) >= 11 is 0. The highest BCUT2D eigenvalue weighted by atomic mass is 19.1. The molecule has 2 aliphatic rings. The van der Waals surface area contributed by atoms with Crippen LogP contribution in [0.2, 0.25) is 0 Å². The molecular formula is C18H24FN3O2. The number of halogens is 1. The maximum atomic E-state index is 13.4. The van der Waals surface area contributed by atoms with E-state index >= 15 is 0 Å². The maximum Gasteiger partial charge on any atom is 0.317 e. The molecule has 1 saturated carbocycles. The number of amides is 3. The number of urea groups is 1. The molecule has 6 heteroatoms. The summed E-state index contributed by atoms with van der Waals surface area (Å²) in [6.07, 6.45) is 4.64. The van der Waals surface area contributed by atoms with Crippen molar-refractivity contribution in [2.24, 2.45) is 5.92 Å². The third-order valence-corrected chi connectivity index (χ3v) is 4.93. The number of nitrogens with zero attached hydrogens (tertiary/aromatic N) is 1. The highest BCUT2D eigenvalue weighted by molar-refractivity contribution is 5.79. The van der Waals surface area contributed by atoms with Gasteiger partial charge in [-0.25, -0.2) is 9.18 Å². The predicted octanol–water partition coefficient (Wildman–Crippen LogP) is 2.07. The van der Waals surface area contributed by atoms with Crippen molar-refractivity contribution in [3.05, 3.63) is 35.6 Å². The molecule has 1 atom stereocenters. The lowest BCUT2D eigenvalue weighted by atomic mass is 10.0. The fourth-order valence-electron chi connectivity index (χ4n) is 3.61. The molecule has 0 bridgehead atoms. The number of carbonyl (C=O) groups is 2. The maximum absolute atomic E-state index is 13.4. The van der Waals surface area contributed by atoms with E-state index in [2.05, 4.69) is 10.6 Å². The van der Waals surface area contributed by atoms with Gasteiger partial charge in [-0.15, -0.1) is 0 Å². The number of nitrogens with one attached hydrogen (secondary N) is 2. The van der Waals surface area contributed by atoms with Crippen molar-refractivity contribution >= 4 is 11.9 Å². The van der Waals surface area contributed by atoms with Crippen LogP contribution in [0.15, 0.2) is 24.3 Å². The molecule has 2 N–H and O–H groups in total. The second-order valence-electron chi connectivity index (χ2n) is 6.64. The van der Waals surface area contributed by atoms with Crippen molar-refractivity contribution in [1.82, 2.24) is 15.5 Å². The molecule has 0 spiro atoms. The van der Waals surface area contributed by atoms with Crippen LogP contribution in [0.4, 0.5) is 9.18 Å². The van der Waals surface area contributed by atoms with Gasteiger partial charge in [-0.05, 0) is 37.0 Å². The third-order valence-electron chi connectivity index (χ3n) is 4.93. The Morgan fingerprint density at radius 3 is 2.83 bits per heavy atom. The molecule has 2 fully saturated rings. The molecule has 1 heterocycles. The fourth-order valence-corrected chi connectivity index (χ4v) is 3.61. The minimum Gasteiger partial charge on any atom is -0.354 e. The molecule has 1 aliphatic heterocycles. The van der Waals surface area contributed by atoms with Crippen LogP contribution >= 0.6 is 0 Å². The molecule has 1 aliphatic carbocycles. The Hall–Kier alpha value is -2.11. The van der Waals surface area contributed by atoms with Gasteiger partial charge in [0.05, 0.1) is 6.04 Å². The van der Waals surface area contributed by atoms with Crippen molar-refractivity contribution in [3.63, 3.8) is 0 Å². The average molecular weight is 333 g/mol. The molecule has 1 aromatic rings. The van der Waals surface area contributed by atoms with E-state index in [1.807, 2.05) is 6.07 Å². The molecule has 24 heavy (non-hydrogen) atoms. The van der Waals surface area contributed by atoms with Gasteiger partial charge in [-0.3, -0.25) is 4.79 Å². The van der Waals surface area contributed by atoms with Crippen LogP contribution in [0, 0.1) is 11.7 Å². The largest absolute Gasteiger partial charge is 0.354 e. The Morgan fingerprint density at radius 2 is 2.17 bits per heavy atom. The summed E-state index contributed by atoms with van der Waals surface area (Å²) in [6.45, 7) is 1.62. The minimum absolute atomic E-state index is 0.0800. The van der Waals surface area contributed by atoms with Crippen LogP contribution in [0.25, 0.3) is 0 Å². The van der Waals surface area contributed by atoms with E-state index in [-0.39, 0.29) is 29.7 Å². The molecule has 0 radical (unpaired) electrons. The third kappa shape index (κ3) is 4.04. The minimum atomic E-state index is -0.285. The van der Waals surface area contributed by atoms with Gasteiger partial charge in [0.2, 0.25) is 5.91 Å². The summed E-state index contributed by atoms with van der Waals surface area (Å²) in [6, 6.07) is 6.13. The van der Waals surface area contributed by atoms with E-state index < -0.39 is 0 Å². The van der Waals surface area contributed by atoms with E-state index in [4.69, 9.17) is 0 Å². The van der Waals surface area contributed by atoms with Gasteiger partial charge < -0.3 is 15.5 Å². The van der Waals surface area contributed by atoms with E-state index in [0.29, 0.717) is 26.1 Å². The van der Waals surface area contributed by atoms with Crippen molar-refractivity contribution in [1.29, 1.82) is 0 Å². The zero-order chi connectivity index (χ0) is 16.9. The first-order chi connectivity index (χ1) is 11.6. The predicted molar refractivity (Wildman–Crippen MR) is 89.0 cm³/mol. The highest BCUT2D eigenvalue weighted by Gasteiger charge is 2.29. The standard InChI is InChI=1S/C18H24FN3O2/c19-15-7-3-4-13(10-15)11-16(22-9-8-20-18(22)24)12-21-17(23)14-5-1-2-6-14/h3-4,7,10,14,16H,1-2,5-6,8-9,11-12H2,(H,20,24)(H,21,23)/t16-/m1/s1. The zero-order valence-corrected chi connectivity index (χ0v) is 13.8. The summed E-state index contributed by atoms with van der Waals surface area (Å²) in [5, 5.41) is 5.79. The van der Waals surface area contributed by atoms with Crippen LogP contribution in [0.3, 0.4) is 0 Å². The monoisotopic (exact) mass is 333 g/mol. The lowest BCUT2D eigenvalue weighted by Gasteiger charge is -2.27. The fraction of sp³-hybridized carbons (Fsp3) is 0.556. The molecule has 0 aromatic heterocycles. The summed E-state index contributed by atoms with van der Waals surface area (Å²) in [5.41, 5.74) is 0.829. The van der Waals surface area contributed by atoms with Crippen LogP contribution in [-0.4, -0.2) is 42.5 Å². The highest BCUT2D eigenvalue weighted by Crippen LogP contribution is 2.24. The van der Waals surface area contributed by atoms with Crippen molar-refractivity contribution < 1.29 is 14.0 Å². The Kier molecular flexibility index (Phi) is 5.33. The zero-order valence-electron chi connectivity index (χ0n) is 13.8. The molecule has 1 aromatic carbocycles. The summed E-state index contributed by atoms with van der Waals surface area (Å²) in [5.74, 6) is -0.101. The number of benzene rings is 1. The van der Waals surface area contributed by atoms with Crippen LogP contribution < -0.4 is 10.6 Å². The number of rotatable bonds is 6. The molecule has 1 saturated heterocycles. The van der Waals surface area contributed by atoms with E-state index in [9.17, 15) is 14.0 Å². The summed E-state index contributed by atoms with van der Waals surface area (Å²) in [7, 11) is 0. The van der Waals surface area contributed by atoms with Gasteiger partial charge in [0, 0.05) is 25.6 Å². The van der Waals surface area contributed by atoms with E-state index in [1.165, 1.54) is 12.1 Å². The van der Waals surface area contributed by atoms with Crippen LogP contribution in [0.1, 0.15) is 31.2 Å². The number of carbonyl (C=O) groups excluding carboxylic acids is 2. The Labute approximate surface area is 141 Å². The first kappa shape index (κ1) is 16.7. The molecule has 5 nitrogen and oxygen atoms in total. The second-order valence-corrected chi connectivity index (χ2v) is 6.64. The Morgan fingerprint density at radius 1 is 1.38 bits per heavy atom. The molecule has 0 unspecified atom stereocenters. The van der Waals surface area contributed by atoms with Gasteiger partial charge >= 0.3 is 6.03 Å². The van der Waals surface area contributed by atoms with Gasteiger partial charge in [-0.2, -0.15) is 0 Å². The lowest BCUT2D eigenvalue weighted by Crippen LogP contribution is -2.47. The lowest BCUT2D eigenvalue weighted by molar-refractivity contribution is -0.125. The van der Waals surface area contributed by atoms with Gasteiger partial charge in [0.25, 0.3) is 0 Å². The van der Waals surface area contributed by atoms with Crippen molar-refractivity contribution in [3.8, 4) is 0 Å². The quantitative estimate of drug-likeness (QED) is 0.837. The van der Waals surface area contributed by atoms with Crippen LogP contribution in [0.5, 0.6) is 0 Å². The topological polar surface area (TPSA) is 61.4 Å². The molecule has 3 rings (SSSR count). The van der Waals surface area contributed by atoms with E-state index in [0.717, 1.165) is 31.2 Å². The first-order valence-corrected chi connectivity index (χ1v) is 8.70. The van der Waals surface area contributed by atoms with Crippen LogP contribution in [-0.2, 0) is 11.2 Å². The van der Waals surface area contributed by atoms with Crippen molar-refractivity contribution in [2.75, 3.05) is 19.6 Å². The van der Waals surface area contributed by atoms with Gasteiger partial charge in [0.1, 0.15) is 5.82 Å². The Bertz CT molecular complexity index is 602. The number of hydrogen-bond acceptors (Lipinski definition) is 2. The van der Waals surface area contributed by atoms with Crippen molar-refractivity contribution in [2.45, 2.75) is 38.1 Å². The van der Waals surface area contributed by atoms with Gasteiger partial charge in [-0.1, -0.05) is 25.0 Å². The first-order valence-electron chi connectivity index (χ1n) is 8.70. The normalized spacial score (nSPS) is 19.4. The van der Waals surface area contributed by atoms with Gasteiger partial charge in [0.15, 0.2) is 0 Å². The molecular weight excluding hydrogens is 309 g/mol. The average Bonchev–Trinajstić information content (AvgIpc) is 3.23. The smallest absolute Gasteiger partial charge is 0.317 e.